The minimum absolute atomic E-state index is 0.102. The van der Waals surface area contributed by atoms with Gasteiger partial charge in [0.15, 0.2) is 17.2 Å². The largest absolute Gasteiger partial charge is 0.489 e. The Hall–Kier alpha value is -3.49. The number of carbonyl (C=O) groups excluding carboxylic acids is 2. The van der Waals surface area contributed by atoms with Gasteiger partial charge in [0.2, 0.25) is 0 Å². The van der Waals surface area contributed by atoms with Crippen molar-refractivity contribution in [2.75, 3.05) is 13.1 Å². The van der Waals surface area contributed by atoms with Crippen LogP contribution in [0.25, 0.3) is 11.3 Å². The number of ether oxygens (including phenoxy) is 1. The highest BCUT2D eigenvalue weighted by Gasteiger charge is 2.36. The van der Waals surface area contributed by atoms with E-state index in [9.17, 15) is 14.0 Å². The fraction of sp³-hybridized carbons (Fsp3) is 0.364. The number of Topliss-reactive ketones (excluding diaryl/α,β-unsaturated/α-hetero) is 1. The molecule has 0 spiro atoms. The van der Waals surface area contributed by atoms with Gasteiger partial charge in [0, 0.05) is 38.8 Å². The molecule has 2 aliphatic heterocycles. The number of fused-ring (bicyclic) bond motifs is 1. The van der Waals surface area contributed by atoms with Crippen LogP contribution in [0, 0.1) is 11.7 Å². The molecule has 3 aromatic rings. The molecular weight excluding hydrogens is 403 g/mol. The SMILES string of the molecule is Cn1cc(-c2cc(C(=O)N3CCC(C4CC(=O)c5cc(F)ccc5O4)CC3)no2)cn1. The number of rotatable bonds is 3. The van der Waals surface area contributed by atoms with Gasteiger partial charge in [-0.15, -0.1) is 0 Å². The number of aryl methyl sites for hydroxylation is 1. The van der Waals surface area contributed by atoms with E-state index in [4.69, 9.17) is 9.26 Å². The third-order valence-corrected chi connectivity index (χ3v) is 5.98. The normalized spacial score (nSPS) is 19.2. The van der Waals surface area contributed by atoms with E-state index in [0.29, 0.717) is 43.0 Å². The van der Waals surface area contributed by atoms with Crippen LogP contribution in [0.1, 0.15) is 40.1 Å². The number of halogens is 1. The zero-order chi connectivity index (χ0) is 21.5. The Kier molecular flexibility index (Phi) is 4.80. The van der Waals surface area contributed by atoms with E-state index >= 15 is 0 Å². The molecular formula is C22H21FN4O4. The maximum absolute atomic E-state index is 13.4. The number of ketones is 1. The fourth-order valence-corrected chi connectivity index (χ4v) is 4.28. The second kappa shape index (κ2) is 7.64. The van der Waals surface area contributed by atoms with Crippen molar-refractivity contribution in [2.24, 2.45) is 13.0 Å². The van der Waals surface area contributed by atoms with Crippen molar-refractivity contribution in [2.45, 2.75) is 25.4 Å². The number of hydrogen-bond donors (Lipinski definition) is 0. The zero-order valence-electron chi connectivity index (χ0n) is 17.0. The highest BCUT2D eigenvalue weighted by Crippen LogP contribution is 2.34. The number of aromatic nitrogens is 3. The smallest absolute Gasteiger partial charge is 0.276 e. The van der Waals surface area contributed by atoms with Crippen LogP contribution in [-0.4, -0.2) is 50.7 Å². The number of likely N-dealkylation sites (tertiary alicyclic amines) is 1. The maximum Gasteiger partial charge on any atom is 0.276 e. The average molecular weight is 424 g/mol. The summed E-state index contributed by atoms with van der Waals surface area (Å²) in [4.78, 5) is 27.0. The summed E-state index contributed by atoms with van der Waals surface area (Å²) in [7, 11) is 1.80. The number of piperidine rings is 1. The van der Waals surface area contributed by atoms with E-state index < -0.39 is 5.82 Å². The lowest BCUT2D eigenvalue weighted by atomic mass is 9.86. The van der Waals surface area contributed by atoms with Gasteiger partial charge in [-0.2, -0.15) is 5.10 Å². The molecule has 5 rings (SSSR count). The molecule has 1 fully saturated rings. The Morgan fingerprint density at radius 3 is 2.77 bits per heavy atom. The average Bonchev–Trinajstić information content (AvgIpc) is 3.43. The van der Waals surface area contributed by atoms with Gasteiger partial charge < -0.3 is 14.2 Å². The highest BCUT2D eigenvalue weighted by molar-refractivity contribution is 6.00. The molecule has 0 N–H and O–H groups in total. The monoisotopic (exact) mass is 424 g/mol. The number of hydrogen-bond acceptors (Lipinski definition) is 6. The van der Waals surface area contributed by atoms with Crippen LogP contribution in [0.5, 0.6) is 5.75 Å². The fourth-order valence-electron chi connectivity index (χ4n) is 4.28. The van der Waals surface area contributed by atoms with Crippen molar-refractivity contribution in [1.82, 2.24) is 19.8 Å². The summed E-state index contributed by atoms with van der Waals surface area (Å²) in [5.41, 5.74) is 1.32. The van der Waals surface area contributed by atoms with E-state index in [0.717, 1.165) is 5.56 Å². The number of nitrogens with zero attached hydrogens (tertiary/aromatic N) is 4. The molecule has 0 saturated carbocycles. The molecule has 9 heteroatoms. The Morgan fingerprint density at radius 2 is 2.03 bits per heavy atom. The topological polar surface area (TPSA) is 90.5 Å². The first-order valence-electron chi connectivity index (χ1n) is 10.2. The Balaban J connectivity index is 1.22. The summed E-state index contributed by atoms with van der Waals surface area (Å²) >= 11 is 0. The van der Waals surface area contributed by atoms with Crippen LogP contribution in [0.2, 0.25) is 0 Å². The lowest BCUT2D eigenvalue weighted by Crippen LogP contribution is -2.44. The van der Waals surface area contributed by atoms with Gasteiger partial charge >= 0.3 is 0 Å². The van der Waals surface area contributed by atoms with Gasteiger partial charge in [-0.05, 0) is 37.0 Å². The molecule has 1 atom stereocenters. The second-order valence-electron chi connectivity index (χ2n) is 8.03. The van der Waals surface area contributed by atoms with Crippen molar-refractivity contribution in [3.8, 4) is 17.1 Å². The van der Waals surface area contributed by atoms with Crippen molar-refractivity contribution in [1.29, 1.82) is 0 Å². The molecule has 1 saturated heterocycles. The Bertz CT molecular complexity index is 1150. The first-order valence-corrected chi connectivity index (χ1v) is 10.2. The van der Waals surface area contributed by atoms with Crippen LogP contribution in [0.4, 0.5) is 4.39 Å². The number of benzene rings is 1. The third-order valence-electron chi connectivity index (χ3n) is 5.98. The van der Waals surface area contributed by atoms with Crippen molar-refractivity contribution >= 4 is 11.7 Å². The van der Waals surface area contributed by atoms with Crippen molar-refractivity contribution in [3.05, 3.63) is 53.7 Å². The predicted molar refractivity (Wildman–Crippen MR) is 107 cm³/mol. The van der Waals surface area contributed by atoms with Gasteiger partial charge in [0.25, 0.3) is 5.91 Å². The van der Waals surface area contributed by atoms with Gasteiger partial charge in [-0.1, -0.05) is 5.16 Å². The van der Waals surface area contributed by atoms with Gasteiger partial charge in [0.05, 0.1) is 17.3 Å². The molecule has 1 amide bonds. The minimum atomic E-state index is -0.444. The number of carbonyl (C=O) groups is 2. The number of amides is 1. The maximum atomic E-state index is 13.4. The molecule has 31 heavy (non-hydrogen) atoms. The summed E-state index contributed by atoms with van der Waals surface area (Å²) in [5, 5.41) is 8.02. The molecule has 1 unspecified atom stereocenters. The third kappa shape index (κ3) is 3.71. The molecule has 2 aliphatic rings. The van der Waals surface area contributed by atoms with E-state index in [1.807, 2.05) is 0 Å². The summed E-state index contributed by atoms with van der Waals surface area (Å²) in [6.07, 6.45) is 4.84. The Morgan fingerprint density at radius 1 is 1.23 bits per heavy atom. The summed E-state index contributed by atoms with van der Waals surface area (Å²) in [6, 6.07) is 5.67. The molecule has 160 valence electrons. The van der Waals surface area contributed by atoms with E-state index in [1.165, 1.54) is 18.2 Å². The summed E-state index contributed by atoms with van der Waals surface area (Å²) < 4.78 is 26.4. The first kappa shape index (κ1) is 19.5. The molecule has 0 radical (unpaired) electrons. The highest BCUT2D eigenvalue weighted by atomic mass is 19.1. The van der Waals surface area contributed by atoms with Crippen LogP contribution in [-0.2, 0) is 7.05 Å². The first-order chi connectivity index (χ1) is 15.0. The van der Waals surface area contributed by atoms with Crippen molar-refractivity contribution < 1.29 is 23.2 Å². The molecule has 0 aliphatic carbocycles. The van der Waals surface area contributed by atoms with Gasteiger partial charge in [-0.3, -0.25) is 14.3 Å². The van der Waals surface area contributed by atoms with Gasteiger partial charge in [-0.25, -0.2) is 4.39 Å². The van der Waals surface area contributed by atoms with E-state index in [-0.39, 0.29) is 35.8 Å². The molecule has 4 heterocycles. The summed E-state index contributed by atoms with van der Waals surface area (Å²) in [5.74, 6) is 0.353. The lowest BCUT2D eigenvalue weighted by Gasteiger charge is -2.37. The Labute approximate surface area is 177 Å². The van der Waals surface area contributed by atoms with E-state index in [1.54, 1.807) is 35.1 Å². The van der Waals surface area contributed by atoms with Crippen LogP contribution in [0.3, 0.4) is 0 Å². The van der Waals surface area contributed by atoms with Crippen molar-refractivity contribution in [3.63, 3.8) is 0 Å². The molecule has 1 aromatic carbocycles. The van der Waals surface area contributed by atoms with Crippen LogP contribution in [0.15, 0.2) is 41.2 Å². The van der Waals surface area contributed by atoms with Gasteiger partial charge in [0.1, 0.15) is 17.7 Å². The molecule has 0 bridgehead atoms. The predicted octanol–water partition coefficient (Wildman–Crippen LogP) is 3.10. The standard InChI is InChI=1S/C22H21FN4O4/c1-26-12-14(11-24-26)21-9-17(25-31-21)22(29)27-6-4-13(5-7-27)20-10-18(28)16-8-15(23)2-3-19(16)30-20/h2-3,8-9,11-13,20H,4-7,10H2,1H3. The quantitative estimate of drug-likeness (QED) is 0.642. The van der Waals surface area contributed by atoms with Crippen LogP contribution < -0.4 is 4.74 Å². The minimum Gasteiger partial charge on any atom is -0.489 e. The van der Waals surface area contributed by atoms with E-state index in [2.05, 4.69) is 10.3 Å². The van der Waals surface area contributed by atoms with Crippen LogP contribution >= 0.6 is 0 Å². The lowest BCUT2D eigenvalue weighted by molar-refractivity contribution is 0.0446. The zero-order valence-corrected chi connectivity index (χ0v) is 17.0. The summed E-state index contributed by atoms with van der Waals surface area (Å²) in [6.45, 7) is 1.09. The second-order valence-corrected chi connectivity index (χ2v) is 8.03. The molecule has 2 aromatic heterocycles. The molecule has 8 nitrogen and oxygen atoms in total.